The number of fused-ring (bicyclic) bond motifs is 1. The Morgan fingerprint density at radius 1 is 1.39 bits per heavy atom. The average molecular weight is 403 g/mol. The monoisotopic (exact) mass is 402 g/mol. The standard InChI is InChI=1S/C19H20ClFN6O/c1-10-8-13(21)4-5-14(10)11(2)27-15-6-7-26(12(3)18(15)23-25-27)16-9-22-24-19(28)17(16)20/h4-5,8-9,11-12H,6-7H2,1-3H3,(H,24,28)/t11-,12-/m0/s1. The van der Waals surface area contributed by atoms with Gasteiger partial charge in [0.25, 0.3) is 5.56 Å². The quantitative estimate of drug-likeness (QED) is 0.727. The Labute approximate surface area is 166 Å². The summed E-state index contributed by atoms with van der Waals surface area (Å²) >= 11 is 6.19. The van der Waals surface area contributed by atoms with E-state index in [1.165, 1.54) is 12.1 Å². The predicted molar refractivity (Wildman–Crippen MR) is 104 cm³/mol. The molecule has 3 heterocycles. The fourth-order valence-electron chi connectivity index (χ4n) is 3.91. The molecular formula is C19H20ClFN6O. The number of halogens is 2. The van der Waals surface area contributed by atoms with Crippen LogP contribution in [0.5, 0.6) is 0 Å². The summed E-state index contributed by atoms with van der Waals surface area (Å²) in [6.07, 6.45) is 2.25. The maximum atomic E-state index is 13.5. The third kappa shape index (κ3) is 2.97. The number of aryl methyl sites for hydroxylation is 1. The van der Waals surface area contributed by atoms with Gasteiger partial charge in [-0.3, -0.25) is 4.79 Å². The minimum atomic E-state index is -0.416. The first kappa shape index (κ1) is 18.6. The van der Waals surface area contributed by atoms with E-state index in [0.717, 1.165) is 22.5 Å². The highest BCUT2D eigenvalue weighted by Gasteiger charge is 2.32. The van der Waals surface area contributed by atoms with E-state index in [1.807, 2.05) is 30.4 Å². The van der Waals surface area contributed by atoms with Crippen LogP contribution in [-0.4, -0.2) is 31.7 Å². The van der Waals surface area contributed by atoms with Crippen molar-refractivity contribution >= 4 is 17.3 Å². The third-order valence-corrected chi connectivity index (χ3v) is 5.77. The van der Waals surface area contributed by atoms with Gasteiger partial charge in [-0.1, -0.05) is 22.9 Å². The molecule has 1 N–H and O–H groups in total. The maximum Gasteiger partial charge on any atom is 0.285 e. The second-order valence-electron chi connectivity index (χ2n) is 7.06. The summed E-state index contributed by atoms with van der Waals surface area (Å²) in [6, 6.07) is 4.61. The number of aromatic amines is 1. The van der Waals surface area contributed by atoms with Gasteiger partial charge in [0.1, 0.15) is 16.5 Å². The molecule has 2 aromatic heterocycles. The highest BCUT2D eigenvalue weighted by Crippen LogP contribution is 2.35. The summed E-state index contributed by atoms with van der Waals surface area (Å²) in [7, 11) is 0. The largest absolute Gasteiger partial charge is 0.360 e. The van der Waals surface area contributed by atoms with E-state index in [-0.39, 0.29) is 22.9 Å². The first-order valence-electron chi connectivity index (χ1n) is 9.08. The van der Waals surface area contributed by atoms with Gasteiger partial charge in [0.2, 0.25) is 0 Å². The zero-order valence-corrected chi connectivity index (χ0v) is 16.5. The van der Waals surface area contributed by atoms with Crippen molar-refractivity contribution in [3.05, 3.63) is 68.1 Å². The molecule has 0 radical (unpaired) electrons. The lowest BCUT2D eigenvalue weighted by Crippen LogP contribution is -2.36. The van der Waals surface area contributed by atoms with Crippen LogP contribution in [0.2, 0.25) is 5.02 Å². The molecule has 0 fully saturated rings. The van der Waals surface area contributed by atoms with Crippen LogP contribution in [0.3, 0.4) is 0 Å². The molecule has 0 amide bonds. The van der Waals surface area contributed by atoms with E-state index in [4.69, 9.17) is 11.6 Å². The fourth-order valence-corrected chi connectivity index (χ4v) is 4.11. The maximum absolute atomic E-state index is 13.5. The summed E-state index contributed by atoms with van der Waals surface area (Å²) in [5.74, 6) is -0.248. The van der Waals surface area contributed by atoms with E-state index in [2.05, 4.69) is 20.5 Å². The van der Waals surface area contributed by atoms with E-state index in [9.17, 15) is 9.18 Å². The zero-order valence-electron chi connectivity index (χ0n) is 15.8. The fraction of sp³-hybridized carbons (Fsp3) is 0.368. The summed E-state index contributed by atoms with van der Waals surface area (Å²) in [4.78, 5) is 13.8. The lowest BCUT2D eigenvalue weighted by atomic mass is 10.00. The number of nitrogens with one attached hydrogen (secondary N) is 1. The lowest BCUT2D eigenvalue weighted by molar-refractivity contribution is 0.508. The molecular weight excluding hydrogens is 383 g/mol. The summed E-state index contributed by atoms with van der Waals surface area (Å²) in [5, 5.41) is 15.1. The van der Waals surface area contributed by atoms with Crippen molar-refractivity contribution in [3.63, 3.8) is 0 Å². The molecule has 3 aromatic rings. The Morgan fingerprint density at radius 3 is 2.93 bits per heavy atom. The van der Waals surface area contributed by atoms with Crippen LogP contribution in [0.15, 0.2) is 29.2 Å². The van der Waals surface area contributed by atoms with Crippen molar-refractivity contribution in [2.75, 3.05) is 11.4 Å². The molecule has 0 spiro atoms. The molecule has 0 aliphatic carbocycles. The zero-order chi connectivity index (χ0) is 20.0. The Kier molecular flexibility index (Phi) is 4.66. The molecule has 28 heavy (non-hydrogen) atoms. The van der Waals surface area contributed by atoms with Crippen molar-refractivity contribution in [2.24, 2.45) is 0 Å². The smallest absolute Gasteiger partial charge is 0.285 e. The molecule has 0 unspecified atom stereocenters. The first-order valence-corrected chi connectivity index (χ1v) is 9.46. The van der Waals surface area contributed by atoms with Crippen molar-refractivity contribution in [1.82, 2.24) is 25.2 Å². The van der Waals surface area contributed by atoms with Crippen molar-refractivity contribution in [3.8, 4) is 0 Å². The molecule has 1 aromatic carbocycles. The molecule has 0 saturated heterocycles. The van der Waals surface area contributed by atoms with Crippen LogP contribution in [0.25, 0.3) is 0 Å². The second kappa shape index (κ2) is 7.01. The second-order valence-corrected chi connectivity index (χ2v) is 7.44. The molecule has 9 heteroatoms. The molecule has 146 valence electrons. The molecule has 4 rings (SSSR count). The van der Waals surface area contributed by atoms with Crippen molar-refractivity contribution in [1.29, 1.82) is 0 Å². The third-order valence-electron chi connectivity index (χ3n) is 5.41. The van der Waals surface area contributed by atoms with Crippen LogP contribution in [0, 0.1) is 12.7 Å². The number of benzene rings is 1. The number of H-pyrrole nitrogens is 1. The highest BCUT2D eigenvalue weighted by atomic mass is 35.5. The summed E-state index contributed by atoms with van der Waals surface area (Å²) < 4.78 is 15.4. The minimum absolute atomic E-state index is 0.0691. The molecule has 0 saturated carbocycles. The molecule has 1 aliphatic rings. The van der Waals surface area contributed by atoms with Crippen molar-refractivity contribution < 1.29 is 4.39 Å². The van der Waals surface area contributed by atoms with Crippen LogP contribution in [-0.2, 0) is 6.42 Å². The Bertz CT molecular complexity index is 1090. The van der Waals surface area contributed by atoms with Gasteiger partial charge in [0, 0.05) is 13.0 Å². The van der Waals surface area contributed by atoms with Gasteiger partial charge in [-0.25, -0.2) is 14.2 Å². The van der Waals surface area contributed by atoms with Crippen LogP contribution in [0.1, 0.15) is 48.4 Å². The van der Waals surface area contributed by atoms with Gasteiger partial charge >= 0.3 is 0 Å². The molecule has 2 atom stereocenters. The topological polar surface area (TPSA) is 79.7 Å². The van der Waals surface area contributed by atoms with Gasteiger partial charge in [-0.05, 0) is 44.0 Å². The summed E-state index contributed by atoms with van der Waals surface area (Å²) in [5.41, 5.74) is 3.93. The van der Waals surface area contributed by atoms with Crippen LogP contribution >= 0.6 is 11.6 Å². The van der Waals surface area contributed by atoms with Gasteiger partial charge in [-0.2, -0.15) is 5.10 Å². The number of nitrogens with zero attached hydrogens (tertiary/aromatic N) is 5. The molecule has 7 nitrogen and oxygen atoms in total. The van der Waals surface area contributed by atoms with E-state index in [0.29, 0.717) is 18.7 Å². The van der Waals surface area contributed by atoms with Crippen LogP contribution in [0.4, 0.5) is 10.1 Å². The average Bonchev–Trinajstić information content (AvgIpc) is 3.09. The minimum Gasteiger partial charge on any atom is -0.360 e. The molecule has 0 bridgehead atoms. The van der Waals surface area contributed by atoms with Gasteiger partial charge < -0.3 is 4.90 Å². The number of hydrogen-bond acceptors (Lipinski definition) is 5. The summed E-state index contributed by atoms with van der Waals surface area (Å²) in [6.45, 7) is 6.58. The van der Waals surface area contributed by atoms with Gasteiger partial charge in [0.05, 0.1) is 29.7 Å². The molecule has 1 aliphatic heterocycles. The van der Waals surface area contributed by atoms with Gasteiger partial charge in [0.15, 0.2) is 0 Å². The number of aromatic nitrogens is 5. The van der Waals surface area contributed by atoms with Crippen molar-refractivity contribution in [2.45, 2.75) is 39.3 Å². The number of anilines is 1. The highest BCUT2D eigenvalue weighted by molar-refractivity contribution is 6.33. The SMILES string of the molecule is Cc1cc(F)ccc1[C@H](C)n1nnc2c1CCN(c1cn[nH]c(=O)c1Cl)[C@H]2C. The Hall–Kier alpha value is -2.74. The first-order chi connectivity index (χ1) is 13.4. The predicted octanol–water partition coefficient (Wildman–Crippen LogP) is 3.20. The Balaban J connectivity index is 1.69. The lowest BCUT2D eigenvalue weighted by Gasteiger charge is -2.34. The van der Waals surface area contributed by atoms with E-state index >= 15 is 0 Å². The van der Waals surface area contributed by atoms with E-state index in [1.54, 1.807) is 12.3 Å². The number of rotatable bonds is 3. The normalized spacial score (nSPS) is 17.5. The van der Waals surface area contributed by atoms with E-state index < -0.39 is 5.56 Å². The van der Waals surface area contributed by atoms with Crippen LogP contribution < -0.4 is 10.5 Å². The number of hydrogen-bond donors (Lipinski definition) is 1. The van der Waals surface area contributed by atoms with Gasteiger partial charge in [-0.15, -0.1) is 5.10 Å². The Morgan fingerprint density at radius 2 is 2.18 bits per heavy atom.